The third kappa shape index (κ3) is 4.09. The van der Waals surface area contributed by atoms with E-state index in [0.29, 0.717) is 22.2 Å². The number of benzene rings is 2. The number of carbonyl (C=O) groups excluding carboxylic acids is 1. The van der Waals surface area contributed by atoms with Crippen LogP contribution in [0.3, 0.4) is 0 Å². The van der Waals surface area contributed by atoms with Crippen LogP contribution in [0.25, 0.3) is 0 Å². The number of carbonyl (C=O) groups is 1. The molecule has 1 heterocycles. The van der Waals surface area contributed by atoms with Gasteiger partial charge in [-0.3, -0.25) is 4.79 Å². The minimum absolute atomic E-state index is 0.254. The van der Waals surface area contributed by atoms with E-state index in [1.54, 1.807) is 12.1 Å². The lowest BCUT2D eigenvalue weighted by Crippen LogP contribution is -2.32. The third-order valence-corrected chi connectivity index (χ3v) is 4.85. The zero-order valence-electron chi connectivity index (χ0n) is 13.7. The van der Waals surface area contributed by atoms with Crippen LogP contribution in [0, 0.1) is 5.82 Å². The number of allylic oxidation sites excluding steroid dienone is 1. The average molecular weight is 355 g/mol. The molecule has 0 aliphatic carbocycles. The second-order valence-electron chi connectivity index (χ2n) is 5.69. The molecule has 6 heteroatoms. The minimum Gasteiger partial charge on any atom is -0.366 e. The molecular formula is C19H18FN3OS. The number of amides is 1. The Morgan fingerprint density at radius 2 is 1.88 bits per heavy atom. The molecule has 3 rings (SSSR count). The van der Waals surface area contributed by atoms with Gasteiger partial charge in [-0.2, -0.15) is 0 Å². The minimum atomic E-state index is -0.481. The van der Waals surface area contributed by atoms with E-state index in [1.807, 2.05) is 37.3 Å². The quantitative estimate of drug-likeness (QED) is 0.882. The predicted octanol–water partition coefficient (Wildman–Crippen LogP) is 3.52. The molecular weight excluding hydrogens is 337 g/mol. The highest BCUT2D eigenvalue weighted by Gasteiger charge is 2.27. The van der Waals surface area contributed by atoms with Gasteiger partial charge in [-0.1, -0.05) is 54.2 Å². The van der Waals surface area contributed by atoms with Crippen molar-refractivity contribution in [1.29, 1.82) is 0 Å². The van der Waals surface area contributed by atoms with Gasteiger partial charge in [0.15, 0.2) is 5.17 Å². The first-order valence-corrected chi connectivity index (χ1v) is 8.80. The van der Waals surface area contributed by atoms with Crippen molar-refractivity contribution in [3.8, 4) is 0 Å². The predicted molar refractivity (Wildman–Crippen MR) is 99.3 cm³/mol. The summed E-state index contributed by atoms with van der Waals surface area (Å²) < 4.78 is 13.0. The smallest absolute Gasteiger partial charge is 0.248 e. The van der Waals surface area contributed by atoms with Crippen molar-refractivity contribution in [3.05, 3.63) is 82.8 Å². The van der Waals surface area contributed by atoms with E-state index in [1.165, 1.54) is 23.9 Å². The van der Waals surface area contributed by atoms with Gasteiger partial charge in [0.25, 0.3) is 0 Å². The van der Waals surface area contributed by atoms with Crippen molar-refractivity contribution in [2.75, 3.05) is 0 Å². The van der Waals surface area contributed by atoms with Crippen molar-refractivity contribution < 1.29 is 9.18 Å². The fourth-order valence-corrected chi connectivity index (χ4v) is 3.55. The van der Waals surface area contributed by atoms with Crippen LogP contribution >= 0.6 is 11.8 Å². The van der Waals surface area contributed by atoms with Gasteiger partial charge < -0.3 is 11.1 Å². The maximum Gasteiger partial charge on any atom is 0.248 e. The Morgan fingerprint density at radius 1 is 1.20 bits per heavy atom. The molecule has 1 atom stereocenters. The van der Waals surface area contributed by atoms with Gasteiger partial charge in [0.1, 0.15) is 11.9 Å². The van der Waals surface area contributed by atoms with Gasteiger partial charge in [-0.05, 0) is 30.2 Å². The van der Waals surface area contributed by atoms with Crippen molar-refractivity contribution in [2.24, 2.45) is 10.7 Å². The lowest BCUT2D eigenvalue weighted by molar-refractivity contribution is -0.114. The van der Waals surface area contributed by atoms with Gasteiger partial charge in [-0.25, -0.2) is 9.38 Å². The van der Waals surface area contributed by atoms with Gasteiger partial charge in [0.05, 0.1) is 5.57 Å². The highest BCUT2D eigenvalue weighted by Crippen LogP contribution is 2.32. The molecule has 0 spiro atoms. The molecule has 0 bridgehead atoms. The first kappa shape index (κ1) is 17.2. The highest BCUT2D eigenvalue weighted by atomic mass is 32.2. The standard InChI is InChI=1S/C19H18FN3OS/c1-12-16(18(21)24)17(14-5-3-2-4-6-14)23-19(22-12)25-11-13-7-9-15(20)10-8-13/h2-10,17H,11H2,1H3,(H2,21,24)(H,22,23). The summed E-state index contributed by atoms with van der Waals surface area (Å²) in [6.07, 6.45) is 0. The van der Waals surface area contributed by atoms with Crippen LogP contribution in [0.4, 0.5) is 4.39 Å². The number of primary amides is 1. The Labute approximate surface area is 150 Å². The second kappa shape index (κ2) is 7.53. The lowest BCUT2D eigenvalue weighted by Gasteiger charge is -2.25. The molecule has 25 heavy (non-hydrogen) atoms. The molecule has 1 unspecified atom stereocenters. The summed E-state index contributed by atoms with van der Waals surface area (Å²) in [4.78, 5) is 16.6. The molecule has 0 saturated carbocycles. The number of hydrogen-bond donors (Lipinski definition) is 2. The summed E-state index contributed by atoms with van der Waals surface area (Å²) in [6.45, 7) is 1.82. The van der Waals surface area contributed by atoms with Crippen LogP contribution in [-0.4, -0.2) is 11.1 Å². The topological polar surface area (TPSA) is 67.5 Å². The summed E-state index contributed by atoms with van der Waals surface area (Å²) in [5, 5.41) is 3.86. The fraction of sp³-hybridized carbons (Fsp3) is 0.158. The van der Waals surface area contributed by atoms with Crippen molar-refractivity contribution in [3.63, 3.8) is 0 Å². The normalized spacial score (nSPS) is 17.0. The van der Waals surface area contributed by atoms with Gasteiger partial charge in [-0.15, -0.1) is 0 Å². The third-order valence-electron chi connectivity index (χ3n) is 3.89. The van der Waals surface area contributed by atoms with Gasteiger partial charge >= 0.3 is 0 Å². The zero-order chi connectivity index (χ0) is 17.8. The van der Waals surface area contributed by atoms with E-state index in [4.69, 9.17) is 5.73 Å². The van der Waals surface area contributed by atoms with Crippen molar-refractivity contribution in [2.45, 2.75) is 18.7 Å². The maximum atomic E-state index is 13.0. The largest absolute Gasteiger partial charge is 0.366 e. The van der Waals surface area contributed by atoms with Gasteiger partial charge in [0.2, 0.25) is 5.91 Å². The van der Waals surface area contributed by atoms with Crippen LogP contribution in [-0.2, 0) is 10.5 Å². The van der Waals surface area contributed by atoms with Crippen molar-refractivity contribution >= 4 is 22.8 Å². The van der Waals surface area contributed by atoms with E-state index < -0.39 is 11.9 Å². The lowest BCUT2D eigenvalue weighted by atomic mass is 9.96. The molecule has 0 radical (unpaired) electrons. The van der Waals surface area contributed by atoms with Crippen LogP contribution in [0.1, 0.15) is 24.1 Å². The molecule has 0 saturated heterocycles. The molecule has 1 aliphatic heterocycles. The van der Waals surface area contributed by atoms with E-state index in [9.17, 15) is 9.18 Å². The molecule has 1 amide bonds. The molecule has 0 aromatic heterocycles. The first-order chi connectivity index (χ1) is 12.0. The number of hydrogen-bond acceptors (Lipinski definition) is 4. The molecule has 128 valence electrons. The van der Waals surface area contributed by atoms with Crippen LogP contribution in [0.15, 0.2) is 70.9 Å². The Kier molecular flexibility index (Phi) is 5.19. The summed E-state index contributed by atoms with van der Waals surface area (Å²) >= 11 is 1.50. The molecule has 3 N–H and O–H groups in total. The van der Waals surface area contributed by atoms with Crippen LogP contribution in [0.2, 0.25) is 0 Å². The monoisotopic (exact) mass is 355 g/mol. The van der Waals surface area contributed by atoms with Crippen LogP contribution in [0.5, 0.6) is 0 Å². The second-order valence-corrected chi connectivity index (χ2v) is 6.65. The average Bonchev–Trinajstić information content (AvgIpc) is 2.61. The summed E-state index contributed by atoms with van der Waals surface area (Å²) in [7, 11) is 0. The Bertz CT molecular complexity index is 832. The Hall–Kier alpha value is -2.60. The Morgan fingerprint density at radius 3 is 2.52 bits per heavy atom. The molecule has 0 fully saturated rings. The van der Waals surface area contributed by atoms with Crippen LogP contribution < -0.4 is 11.1 Å². The zero-order valence-corrected chi connectivity index (χ0v) is 14.5. The number of halogens is 1. The molecule has 2 aromatic carbocycles. The maximum absolute atomic E-state index is 13.0. The summed E-state index contributed by atoms with van der Waals surface area (Å²) in [6, 6.07) is 15.5. The SMILES string of the molecule is CC1=C(C(N)=O)C(c2ccccc2)N=C(SCc2ccc(F)cc2)N1. The van der Waals surface area contributed by atoms with E-state index in [-0.39, 0.29) is 5.82 Å². The number of nitrogens with one attached hydrogen (secondary N) is 1. The van der Waals surface area contributed by atoms with E-state index in [0.717, 1.165) is 11.1 Å². The number of amidine groups is 1. The van der Waals surface area contributed by atoms with Gasteiger partial charge in [0, 0.05) is 11.4 Å². The first-order valence-electron chi connectivity index (χ1n) is 7.82. The highest BCUT2D eigenvalue weighted by molar-refractivity contribution is 8.13. The number of rotatable bonds is 4. The van der Waals surface area contributed by atoms with Crippen molar-refractivity contribution in [1.82, 2.24) is 5.32 Å². The van der Waals surface area contributed by atoms with E-state index >= 15 is 0 Å². The molecule has 1 aliphatic rings. The molecule has 2 aromatic rings. The fourth-order valence-electron chi connectivity index (χ4n) is 2.65. The number of thioether (sulfide) groups is 1. The summed E-state index contributed by atoms with van der Waals surface area (Å²) in [5.74, 6) is -0.0895. The Balaban J connectivity index is 1.83. The van der Waals surface area contributed by atoms with E-state index in [2.05, 4.69) is 10.3 Å². The number of aliphatic imine (C=N–C) groups is 1. The number of nitrogens with zero attached hydrogens (tertiary/aromatic N) is 1. The summed E-state index contributed by atoms with van der Waals surface area (Å²) in [5.41, 5.74) is 8.65. The number of nitrogens with two attached hydrogens (primary N) is 1. The molecule has 4 nitrogen and oxygen atoms in total.